The lowest BCUT2D eigenvalue weighted by Crippen LogP contribution is -2.18. The predicted octanol–water partition coefficient (Wildman–Crippen LogP) is 2.27. The van der Waals surface area contributed by atoms with Gasteiger partial charge in [0.15, 0.2) is 0 Å². The molecule has 110 valence electrons. The summed E-state index contributed by atoms with van der Waals surface area (Å²) in [4.78, 5) is 23.3. The Balaban J connectivity index is 2.68. The summed E-state index contributed by atoms with van der Waals surface area (Å²) >= 11 is 0. The first-order chi connectivity index (χ1) is 9.43. The molecule has 1 rings (SSSR count). The van der Waals surface area contributed by atoms with Gasteiger partial charge < -0.3 is 16.4 Å². The number of hydrogen-bond acceptors (Lipinski definition) is 3. The molecule has 0 aliphatic rings. The fourth-order valence-electron chi connectivity index (χ4n) is 1.64. The number of carbonyl (C=O) groups excluding carboxylic acids is 2. The largest absolute Gasteiger partial charge is 0.330 e. The molecule has 0 heterocycles. The Morgan fingerprint density at radius 2 is 1.95 bits per heavy atom. The van der Waals surface area contributed by atoms with Crippen molar-refractivity contribution in [3.8, 4) is 0 Å². The summed E-state index contributed by atoms with van der Waals surface area (Å²) in [6.07, 6.45) is 1.09. The molecule has 0 saturated carbocycles. The van der Waals surface area contributed by atoms with Crippen molar-refractivity contribution < 1.29 is 9.59 Å². The first-order valence-electron chi connectivity index (χ1n) is 6.85. The standard InChI is InChI=1S/C15H23N3O2/c1-10(2)15(20)18-13-7-6-12(9-11(13)3)17-14(19)5-4-8-16/h6-7,9-10H,4-5,8,16H2,1-3H3,(H,17,19)(H,18,20). The molecule has 0 unspecified atom stereocenters. The van der Waals surface area contributed by atoms with Gasteiger partial charge in [0.2, 0.25) is 11.8 Å². The molecule has 0 saturated heterocycles. The highest BCUT2D eigenvalue weighted by Gasteiger charge is 2.09. The Hall–Kier alpha value is -1.88. The van der Waals surface area contributed by atoms with Gasteiger partial charge in [-0.3, -0.25) is 9.59 Å². The van der Waals surface area contributed by atoms with Crippen LogP contribution in [0.4, 0.5) is 11.4 Å². The van der Waals surface area contributed by atoms with E-state index in [1.165, 1.54) is 0 Å². The smallest absolute Gasteiger partial charge is 0.226 e. The minimum absolute atomic E-state index is 0.0205. The molecular weight excluding hydrogens is 254 g/mol. The molecular formula is C15H23N3O2. The van der Waals surface area contributed by atoms with Crippen LogP contribution in [0.3, 0.4) is 0 Å². The van der Waals surface area contributed by atoms with Gasteiger partial charge in [-0.25, -0.2) is 0 Å². The van der Waals surface area contributed by atoms with Gasteiger partial charge in [-0.05, 0) is 43.7 Å². The second kappa shape index (κ2) is 7.65. The fourth-order valence-corrected chi connectivity index (χ4v) is 1.64. The number of benzene rings is 1. The predicted molar refractivity (Wildman–Crippen MR) is 81.6 cm³/mol. The summed E-state index contributed by atoms with van der Waals surface area (Å²) in [7, 11) is 0. The van der Waals surface area contributed by atoms with E-state index in [2.05, 4.69) is 10.6 Å². The molecule has 1 aromatic carbocycles. The van der Waals surface area contributed by atoms with Crippen LogP contribution >= 0.6 is 0 Å². The maximum atomic E-state index is 11.7. The van der Waals surface area contributed by atoms with Crippen LogP contribution in [0, 0.1) is 12.8 Å². The highest BCUT2D eigenvalue weighted by atomic mass is 16.2. The van der Waals surface area contributed by atoms with E-state index < -0.39 is 0 Å². The number of rotatable bonds is 6. The van der Waals surface area contributed by atoms with Crippen molar-refractivity contribution in [2.75, 3.05) is 17.2 Å². The second-order valence-corrected chi connectivity index (χ2v) is 5.11. The lowest BCUT2D eigenvalue weighted by molar-refractivity contribution is -0.119. The molecule has 0 spiro atoms. The van der Waals surface area contributed by atoms with Crippen LogP contribution in [0.1, 0.15) is 32.3 Å². The molecule has 0 aliphatic carbocycles. The van der Waals surface area contributed by atoms with Crippen LogP contribution in [0.5, 0.6) is 0 Å². The summed E-state index contributed by atoms with van der Waals surface area (Å²) in [6, 6.07) is 5.42. The van der Waals surface area contributed by atoms with Gasteiger partial charge in [0, 0.05) is 23.7 Å². The molecule has 20 heavy (non-hydrogen) atoms. The Labute approximate surface area is 119 Å². The topological polar surface area (TPSA) is 84.2 Å². The third-order valence-electron chi connectivity index (χ3n) is 2.90. The van der Waals surface area contributed by atoms with Gasteiger partial charge in [0.1, 0.15) is 0 Å². The van der Waals surface area contributed by atoms with E-state index >= 15 is 0 Å². The van der Waals surface area contributed by atoms with E-state index in [1.54, 1.807) is 12.1 Å². The third-order valence-corrected chi connectivity index (χ3v) is 2.90. The zero-order valence-electron chi connectivity index (χ0n) is 12.3. The van der Waals surface area contributed by atoms with Gasteiger partial charge in [0.05, 0.1) is 0 Å². The first kappa shape index (κ1) is 16.2. The van der Waals surface area contributed by atoms with E-state index in [-0.39, 0.29) is 17.7 Å². The SMILES string of the molecule is Cc1cc(NC(=O)CCCN)ccc1NC(=O)C(C)C. The van der Waals surface area contributed by atoms with Crippen molar-refractivity contribution in [3.05, 3.63) is 23.8 Å². The van der Waals surface area contributed by atoms with E-state index in [4.69, 9.17) is 5.73 Å². The molecule has 4 N–H and O–H groups in total. The lowest BCUT2D eigenvalue weighted by atomic mass is 10.1. The minimum Gasteiger partial charge on any atom is -0.330 e. The molecule has 0 aromatic heterocycles. The van der Waals surface area contributed by atoms with Crippen LogP contribution in [-0.2, 0) is 9.59 Å². The monoisotopic (exact) mass is 277 g/mol. The van der Waals surface area contributed by atoms with Crippen molar-refractivity contribution in [2.24, 2.45) is 11.7 Å². The molecule has 5 heteroatoms. The summed E-state index contributed by atoms with van der Waals surface area (Å²) in [5, 5.41) is 5.67. The van der Waals surface area contributed by atoms with E-state index in [9.17, 15) is 9.59 Å². The molecule has 0 fully saturated rings. The van der Waals surface area contributed by atoms with Gasteiger partial charge in [0.25, 0.3) is 0 Å². The fraction of sp³-hybridized carbons (Fsp3) is 0.467. The van der Waals surface area contributed by atoms with Crippen LogP contribution < -0.4 is 16.4 Å². The average Bonchev–Trinajstić information content (AvgIpc) is 2.39. The molecule has 2 amide bonds. The molecule has 5 nitrogen and oxygen atoms in total. The average molecular weight is 277 g/mol. The van der Waals surface area contributed by atoms with E-state index in [1.807, 2.05) is 26.8 Å². The van der Waals surface area contributed by atoms with Gasteiger partial charge >= 0.3 is 0 Å². The van der Waals surface area contributed by atoms with E-state index in [0.717, 1.165) is 16.9 Å². The van der Waals surface area contributed by atoms with Crippen molar-refractivity contribution in [1.82, 2.24) is 0 Å². The maximum Gasteiger partial charge on any atom is 0.226 e. The molecule has 1 aromatic rings. The lowest BCUT2D eigenvalue weighted by Gasteiger charge is -2.12. The van der Waals surface area contributed by atoms with E-state index in [0.29, 0.717) is 19.4 Å². The van der Waals surface area contributed by atoms with Gasteiger partial charge in [-0.15, -0.1) is 0 Å². The number of nitrogens with one attached hydrogen (secondary N) is 2. The van der Waals surface area contributed by atoms with Gasteiger partial charge in [-0.2, -0.15) is 0 Å². The summed E-state index contributed by atoms with van der Waals surface area (Å²) in [5.74, 6) is -0.133. The molecule has 0 radical (unpaired) electrons. The molecule has 0 atom stereocenters. The number of carbonyl (C=O) groups is 2. The third kappa shape index (κ3) is 5.01. The Kier molecular flexibility index (Phi) is 6.18. The zero-order chi connectivity index (χ0) is 15.1. The maximum absolute atomic E-state index is 11.7. The van der Waals surface area contributed by atoms with Crippen molar-refractivity contribution in [2.45, 2.75) is 33.6 Å². The quantitative estimate of drug-likeness (QED) is 0.745. The van der Waals surface area contributed by atoms with Crippen LogP contribution in [0.2, 0.25) is 0 Å². The highest BCUT2D eigenvalue weighted by Crippen LogP contribution is 2.20. The summed E-state index contributed by atoms with van der Waals surface area (Å²) in [6.45, 7) is 6.09. The molecule has 0 aliphatic heterocycles. The number of amides is 2. The second-order valence-electron chi connectivity index (χ2n) is 5.11. The molecule has 0 bridgehead atoms. The number of nitrogens with two attached hydrogens (primary N) is 1. The summed E-state index contributed by atoms with van der Waals surface area (Å²) in [5.41, 5.74) is 7.77. The van der Waals surface area contributed by atoms with Crippen molar-refractivity contribution >= 4 is 23.2 Å². The Bertz CT molecular complexity index is 484. The van der Waals surface area contributed by atoms with Crippen molar-refractivity contribution in [3.63, 3.8) is 0 Å². The summed E-state index contributed by atoms with van der Waals surface area (Å²) < 4.78 is 0. The first-order valence-corrected chi connectivity index (χ1v) is 6.85. The van der Waals surface area contributed by atoms with Crippen LogP contribution in [0.25, 0.3) is 0 Å². The highest BCUT2D eigenvalue weighted by molar-refractivity contribution is 5.94. The minimum atomic E-state index is -0.0648. The van der Waals surface area contributed by atoms with Crippen LogP contribution in [-0.4, -0.2) is 18.4 Å². The van der Waals surface area contributed by atoms with Crippen LogP contribution in [0.15, 0.2) is 18.2 Å². The Morgan fingerprint density at radius 3 is 2.50 bits per heavy atom. The van der Waals surface area contributed by atoms with Crippen molar-refractivity contribution in [1.29, 1.82) is 0 Å². The number of aryl methyl sites for hydroxylation is 1. The van der Waals surface area contributed by atoms with Gasteiger partial charge in [-0.1, -0.05) is 13.8 Å². The number of hydrogen-bond donors (Lipinski definition) is 3. The number of anilines is 2. The normalized spacial score (nSPS) is 10.4. The Morgan fingerprint density at radius 1 is 1.25 bits per heavy atom. The zero-order valence-corrected chi connectivity index (χ0v) is 12.3.